The van der Waals surface area contributed by atoms with Crippen molar-refractivity contribution in [3.63, 3.8) is 0 Å². The lowest BCUT2D eigenvalue weighted by atomic mass is 10.00. The van der Waals surface area contributed by atoms with Gasteiger partial charge in [0.15, 0.2) is 12.1 Å². The van der Waals surface area contributed by atoms with E-state index in [2.05, 4.69) is 0 Å². The summed E-state index contributed by atoms with van der Waals surface area (Å²) in [7, 11) is 0. The number of carbonyl (C=O) groups is 1. The van der Waals surface area contributed by atoms with Gasteiger partial charge in [0.2, 0.25) is 0 Å². The summed E-state index contributed by atoms with van der Waals surface area (Å²) < 4.78 is 32.4. The third-order valence-electron chi connectivity index (χ3n) is 6.86. The zero-order valence-electron chi connectivity index (χ0n) is 25.3. The van der Waals surface area contributed by atoms with Crippen LogP contribution in [0.5, 0.6) is 0 Å². The standard InChI is InChI=1S/C35H42O7S/c1-24(2)41-35-34(43-33(25(3)36)26(4)37)32(40-22-29-18-12-7-13-19-29)31(39-21-28-16-10-6-11-17-28)30(42-35)23-38-20-27-14-8-5-9-15-27/h5-19,24,30-32,34-36H,20-23H2,1-4H3/b33-25+/t30-,31-,32+,34-,35-/m1/s1. The summed E-state index contributed by atoms with van der Waals surface area (Å²) in [5, 5.41) is 9.90. The van der Waals surface area contributed by atoms with Gasteiger partial charge in [0.25, 0.3) is 0 Å². The maximum Gasteiger partial charge on any atom is 0.173 e. The zero-order valence-corrected chi connectivity index (χ0v) is 26.1. The molecular formula is C35H42O7S. The molecule has 43 heavy (non-hydrogen) atoms. The molecule has 1 fully saturated rings. The molecule has 4 rings (SSSR count). The van der Waals surface area contributed by atoms with Crippen LogP contribution < -0.4 is 0 Å². The molecule has 0 saturated carbocycles. The van der Waals surface area contributed by atoms with E-state index >= 15 is 0 Å². The van der Waals surface area contributed by atoms with Gasteiger partial charge < -0.3 is 28.8 Å². The molecule has 1 saturated heterocycles. The van der Waals surface area contributed by atoms with Gasteiger partial charge >= 0.3 is 0 Å². The Balaban J connectivity index is 1.68. The predicted octanol–water partition coefficient (Wildman–Crippen LogP) is 7.00. The fourth-order valence-electron chi connectivity index (χ4n) is 4.87. The maximum atomic E-state index is 12.6. The van der Waals surface area contributed by atoms with Crippen molar-refractivity contribution in [3.05, 3.63) is 118 Å². The van der Waals surface area contributed by atoms with Crippen LogP contribution in [0.1, 0.15) is 44.4 Å². The van der Waals surface area contributed by atoms with Crippen LogP contribution >= 0.6 is 11.8 Å². The van der Waals surface area contributed by atoms with E-state index in [-0.39, 0.29) is 29.2 Å². The number of allylic oxidation sites excluding steroid dienone is 2. The number of hydrogen-bond donors (Lipinski definition) is 1. The number of ether oxygens (including phenoxy) is 5. The molecular weight excluding hydrogens is 564 g/mol. The fourth-order valence-corrected chi connectivity index (χ4v) is 6.08. The molecule has 0 amide bonds. The smallest absolute Gasteiger partial charge is 0.173 e. The number of rotatable bonds is 15. The highest BCUT2D eigenvalue weighted by Crippen LogP contribution is 2.40. The highest BCUT2D eigenvalue weighted by Gasteiger charge is 2.49. The molecule has 0 bridgehead atoms. The van der Waals surface area contributed by atoms with E-state index in [1.54, 1.807) is 0 Å². The van der Waals surface area contributed by atoms with Crippen molar-refractivity contribution in [1.82, 2.24) is 0 Å². The van der Waals surface area contributed by atoms with Crippen LogP contribution in [0, 0.1) is 0 Å². The van der Waals surface area contributed by atoms with E-state index in [0.29, 0.717) is 19.8 Å². The average Bonchev–Trinajstić information content (AvgIpc) is 3.00. The molecule has 0 aliphatic carbocycles. The third-order valence-corrected chi connectivity index (χ3v) is 8.45. The minimum absolute atomic E-state index is 0.0577. The molecule has 230 valence electrons. The monoisotopic (exact) mass is 606 g/mol. The normalized spacial score (nSPS) is 22.8. The SMILES string of the molecule is CC(=O)/C(S[C@H]1[C@H](OC(C)C)O[C@H](COCc2ccccc2)[C@@H](OCc2ccccc2)[C@@H]1OCc1ccccc1)=C(/C)O. The summed E-state index contributed by atoms with van der Waals surface area (Å²) >= 11 is 1.21. The summed E-state index contributed by atoms with van der Waals surface area (Å²) in [6.45, 7) is 8.11. The number of hydrogen-bond acceptors (Lipinski definition) is 8. The second-order valence-corrected chi connectivity index (χ2v) is 12.0. The van der Waals surface area contributed by atoms with Crippen LogP contribution in [-0.4, -0.2) is 53.5 Å². The summed E-state index contributed by atoms with van der Waals surface area (Å²) in [6.07, 6.45) is -2.62. The van der Waals surface area contributed by atoms with Crippen LogP contribution in [0.4, 0.5) is 0 Å². The molecule has 3 aromatic carbocycles. The van der Waals surface area contributed by atoms with E-state index in [9.17, 15) is 9.90 Å². The van der Waals surface area contributed by atoms with Gasteiger partial charge in [-0.05, 0) is 44.4 Å². The second-order valence-electron chi connectivity index (χ2n) is 10.8. The fraction of sp³-hybridized carbons (Fsp3) is 0.400. The van der Waals surface area contributed by atoms with Crippen LogP contribution in [-0.2, 0) is 48.3 Å². The molecule has 0 spiro atoms. The lowest BCUT2D eigenvalue weighted by molar-refractivity contribution is -0.281. The van der Waals surface area contributed by atoms with Crippen molar-refractivity contribution in [3.8, 4) is 0 Å². The third kappa shape index (κ3) is 10.0. The van der Waals surface area contributed by atoms with E-state index in [1.807, 2.05) is 105 Å². The number of thioether (sulfide) groups is 1. The number of aliphatic hydroxyl groups is 1. The van der Waals surface area contributed by atoms with Gasteiger partial charge in [-0.1, -0.05) is 91.0 Å². The Morgan fingerprint density at radius 2 is 1.28 bits per heavy atom. The van der Waals surface area contributed by atoms with Crippen LogP contribution in [0.3, 0.4) is 0 Å². The number of ketones is 1. The number of benzene rings is 3. The minimum atomic E-state index is -0.763. The van der Waals surface area contributed by atoms with Gasteiger partial charge in [0.1, 0.15) is 24.1 Å². The molecule has 3 aromatic rings. The largest absolute Gasteiger partial charge is 0.511 e. The number of aliphatic hydroxyl groups excluding tert-OH is 1. The van der Waals surface area contributed by atoms with E-state index in [0.717, 1.165) is 16.7 Å². The van der Waals surface area contributed by atoms with Crippen molar-refractivity contribution in [2.45, 2.75) is 83.5 Å². The van der Waals surface area contributed by atoms with Crippen LogP contribution in [0.15, 0.2) is 102 Å². The first-order valence-corrected chi connectivity index (χ1v) is 15.5. The molecule has 0 unspecified atom stereocenters. The van der Waals surface area contributed by atoms with Gasteiger partial charge in [-0.2, -0.15) is 0 Å². The van der Waals surface area contributed by atoms with Crippen molar-refractivity contribution < 1.29 is 33.6 Å². The van der Waals surface area contributed by atoms with Crippen molar-refractivity contribution in [1.29, 1.82) is 0 Å². The lowest BCUT2D eigenvalue weighted by Crippen LogP contribution is -2.60. The van der Waals surface area contributed by atoms with Gasteiger partial charge in [-0.3, -0.25) is 4.79 Å². The first kappa shape index (κ1) is 32.9. The Hall–Kier alpha value is -2.98. The lowest BCUT2D eigenvalue weighted by Gasteiger charge is -2.46. The number of carbonyl (C=O) groups excluding carboxylic acids is 1. The molecule has 0 radical (unpaired) electrons. The topological polar surface area (TPSA) is 83.5 Å². The van der Waals surface area contributed by atoms with Gasteiger partial charge in [-0.25, -0.2) is 0 Å². The Labute approximate surface area is 259 Å². The van der Waals surface area contributed by atoms with Crippen LogP contribution in [0.2, 0.25) is 0 Å². The van der Waals surface area contributed by atoms with E-state index in [1.165, 1.54) is 25.6 Å². The molecule has 1 aliphatic heterocycles. The quantitative estimate of drug-likeness (QED) is 0.146. The van der Waals surface area contributed by atoms with Crippen molar-refractivity contribution >= 4 is 17.5 Å². The van der Waals surface area contributed by atoms with E-state index in [4.69, 9.17) is 23.7 Å². The summed E-state index contributed by atoms with van der Waals surface area (Å²) in [5.74, 6) is -0.303. The number of Topliss-reactive ketones (excluding diaryl/α,β-unsaturated/α-hetero) is 1. The molecule has 8 heteroatoms. The van der Waals surface area contributed by atoms with Gasteiger partial charge in [0.05, 0.1) is 42.7 Å². The molecule has 5 atom stereocenters. The van der Waals surface area contributed by atoms with Gasteiger partial charge in [0, 0.05) is 0 Å². The maximum absolute atomic E-state index is 12.6. The molecule has 0 aromatic heterocycles. The van der Waals surface area contributed by atoms with Crippen molar-refractivity contribution in [2.24, 2.45) is 0 Å². The highest BCUT2D eigenvalue weighted by molar-refractivity contribution is 8.04. The molecule has 7 nitrogen and oxygen atoms in total. The molecule has 1 N–H and O–H groups in total. The summed E-state index contributed by atoms with van der Waals surface area (Å²) in [5.41, 5.74) is 3.06. The highest BCUT2D eigenvalue weighted by atomic mass is 32.2. The summed E-state index contributed by atoms with van der Waals surface area (Å²) in [4.78, 5) is 12.8. The minimum Gasteiger partial charge on any atom is -0.511 e. The summed E-state index contributed by atoms with van der Waals surface area (Å²) in [6, 6.07) is 29.8. The Morgan fingerprint density at radius 1 is 0.791 bits per heavy atom. The zero-order chi connectivity index (χ0) is 30.6. The van der Waals surface area contributed by atoms with E-state index < -0.39 is 29.9 Å². The predicted molar refractivity (Wildman–Crippen MR) is 168 cm³/mol. The molecule has 1 heterocycles. The first-order chi connectivity index (χ1) is 20.8. The van der Waals surface area contributed by atoms with Gasteiger partial charge in [-0.15, -0.1) is 11.8 Å². The second kappa shape index (κ2) is 16.8. The molecule has 1 aliphatic rings. The van der Waals surface area contributed by atoms with Crippen LogP contribution in [0.25, 0.3) is 0 Å². The Kier molecular flexibility index (Phi) is 12.8. The Morgan fingerprint density at radius 3 is 1.74 bits per heavy atom. The Bertz CT molecular complexity index is 1280. The average molecular weight is 607 g/mol. The van der Waals surface area contributed by atoms with Crippen molar-refractivity contribution in [2.75, 3.05) is 6.61 Å². The first-order valence-electron chi connectivity index (χ1n) is 14.6.